The van der Waals surface area contributed by atoms with Gasteiger partial charge in [-0.05, 0) is 19.1 Å². The van der Waals surface area contributed by atoms with E-state index in [-0.39, 0.29) is 6.04 Å². The van der Waals surface area contributed by atoms with E-state index >= 15 is 0 Å². The lowest BCUT2D eigenvalue weighted by molar-refractivity contribution is 0.0115. The van der Waals surface area contributed by atoms with E-state index in [1.54, 1.807) is 21.3 Å². The van der Waals surface area contributed by atoms with Gasteiger partial charge in [-0.2, -0.15) is 0 Å². The van der Waals surface area contributed by atoms with Gasteiger partial charge in [0.1, 0.15) is 28.8 Å². The molecule has 1 fully saturated rings. The summed E-state index contributed by atoms with van der Waals surface area (Å²) in [6.07, 6.45) is 0. The van der Waals surface area contributed by atoms with Gasteiger partial charge >= 0.3 is 0 Å². The zero-order valence-corrected chi connectivity index (χ0v) is 17.1. The van der Waals surface area contributed by atoms with E-state index in [1.807, 2.05) is 25.1 Å². The Hall–Kier alpha value is -2.22. The van der Waals surface area contributed by atoms with E-state index in [4.69, 9.17) is 23.4 Å². The first-order valence-electron chi connectivity index (χ1n) is 9.54. The maximum atomic E-state index is 5.93. The van der Waals surface area contributed by atoms with Gasteiger partial charge in [-0.3, -0.25) is 4.90 Å². The van der Waals surface area contributed by atoms with E-state index in [9.17, 15) is 0 Å². The summed E-state index contributed by atoms with van der Waals surface area (Å²) in [7, 11) is 4.93. The van der Waals surface area contributed by atoms with Crippen LogP contribution in [0, 0.1) is 6.92 Å². The van der Waals surface area contributed by atoms with Gasteiger partial charge < -0.3 is 28.7 Å². The first kappa shape index (κ1) is 20.5. The number of morpholine rings is 1. The maximum absolute atomic E-state index is 5.93. The molecule has 154 valence electrons. The molecular weight excluding hydrogens is 360 g/mol. The number of hydrogen-bond acceptors (Lipinski definition) is 7. The highest BCUT2D eigenvalue weighted by atomic mass is 16.5. The second-order valence-electron chi connectivity index (χ2n) is 6.75. The Balaban J connectivity index is 1.73. The minimum absolute atomic E-state index is 0.146. The molecule has 1 atom stereocenters. The third-order valence-corrected chi connectivity index (χ3v) is 5.03. The largest absolute Gasteiger partial charge is 0.496 e. The molecule has 0 radical (unpaired) electrons. The molecule has 7 heteroatoms. The van der Waals surface area contributed by atoms with Crippen molar-refractivity contribution >= 4 is 0 Å². The van der Waals surface area contributed by atoms with E-state index in [1.165, 1.54) is 0 Å². The third-order valence-electron chi connectivity index (χ3n) is 5.03. The monoisotopic (exact) mass is 390 g/mol. The Bertz CT molecular complexity index is 730. The second kappa shape index (κ2) is 9.82. The predicted octanol–water partition coefficient (Wildman–Crippen LogP) is 2.78. The molecule has 1 unspecified atom stereocenters. The highest BCUT2D eigenvalue weighted by Crippen LogP contribution is 2.34. The lowest BCUT2D eigenvalue weighted by Gasteiger charge is -2.33. The summed E-state index contributed by atoms with van der Waals surface area (Å²) in [4.78, 5) is 2.40. The molecular formula is C21H30N2O5. The van der Waals surface area contributed by atoms with Crippen LogP contribution >= 0.6 is 0 Å². The standard InChI is InChI=1S/C21H30N2O5/c1-15-5-6-19(28-15)18(23-7-9-27-10-8-23)14-22-13-17-20(25-3)11-16(24-2)12-21(17)26-4/h5-6,11-12,18,22H,7-10,13-14H2,1-4H3. The number of furan rings is 1. The minimum Gasteiger partial charge on any atom is -0.496 e. The molecule has 0 amide bonds. The van der Waals surface area contributed by atoms with Crippen LogP contribution in [0.3, 0.4) is 0 Å². The molecule has 0 saturated carbocycles. The number of benzene rings is 1. The molecule has 1 aromatic heterocycles. The van der Waals surface area contributed by atoms with Crippen molar-refractivity contribution in [2.45, 2.75) is 19.5 Å². The lowest BCUT2D eigenvalue weighted by Crippen LogP contribution is -2.42. The number of ether oxygens (including phenoxy) is 4. The van der Waals surface area contributed by atoms with Crippen molar-refractivity contribution in [2.24, 2.45) is 0 Å². The Kier molecular flexibility index (Phi) is 7.19. The number of rotatable bonds is 9. The summed E-state index contributed by atoms with van der Waals surface area (Å²) in [6, 6.07) is 7.96. The summed E-state index contributed by atoms with van der Waals surface area (Å²) in [5.74, 6) is 4.07. The molecule has 28 heavy (non-hydrogen) atoms. The van der Waals surface area contributed by atoms with Gasteiger partial charge in [0.2, 0.25) is 0 Å². The van der Waals surface area contributed by atoms with E-state index in [2.05, 4.69) is 16.3 Å². The molecule has 1 aliphatic heterocycles. The fourth-order valence-corrected chi connectivity index (χ4v) is 3.52. The predicted molar refractivity (Wildman–Crippen MR) is 106 cm³/mol. The van der Waals surface area contributed by atoms with Crippen molar-refractivity contribution in [3.05, 3.63) is 41.3 Å². The fraction of sp³-hybridized carbons (Fsp3) is 0.524. The van der Waals surface area contributed by atoms with Crippen molar-refractivity contribution in [1.82, 2.24) is 10.2 Å². The van der Waals surface area contributed by atoms with Gasteiger partial charge in [0.15, 0.2) is 0 Å². The van der Waals surface area contributed by atoms with Crippen LogP contribution in [0.25, 0.3) is 0 Å². The Morgan fingerprint density at radius 2 is 1.71 bits per heavy atom. The molecule has 1 N–H and O–H groups in total. The van der Waals surface area contributed by atoms with Crippen LogP contribution in [0.15, 0.2) is 28.7 Å². The van der Waals surface area contributed by atoms with Gasteiger partial charge in [-0.1, -0.05) is 0 Å². The minimum atomic E-state index is 0.146. The van der Waals surface area contributed by atoms with Crippen molar-refractivity contribution < 1.29 is 23.4 Å². The van der Waals surface area contributed by atoms with Crippen LogP contribution < -0.4 is 19.5 Å². The number of hydrogen-bond donors (Lipinski definition) is 1. The van der Waals surface area contributed by atoms with E-state index in [0.717, 1.165) is 61.4 Å². The number of nitrogens with zero attached hydrogens (tertiary/aromatic N) is 1. The Morgan fingerprint density at radius 1 is 1.04 bits per heavy atom. The van der Waals surface area contributed by atoms with Gasteiger partial charge in [0.25, 0.3) is 0 Å². The quantitative estimate of drug-likeness (QED) is 0.706. The highest BCUT2D eigenvalue weighted by Gasteiger charge is 2.25. The van der Waals surface area contributed by atoms with Crippen molar-refractivity contribution in [1.29, 1.82) is 0 Å². The maximum Gasteiger partial charge on any atom is 0.130 e. The summed E-state index contributed by atoms with van der Waals surface area (Å²) in [5.41, 5.74) is 0.960. The third kappa shape index (κ3) is 4.79. The average molecular weight is 390 g/mol. The van der Waals surface area contributed by atoms with Crippen molar-refractivity contribution in [3.8, 4) is 17.2 Å². The van der Waals surface area contributed by atoms with Crippen LogP contribution in [0.4, 0.5) is 0 Å². The molecule has 2 aromatic rings. The first-order valence-corrected chi connectivity index (χ1v) is 9.54. The molecule has 3 rings (SSSR count). The topological polar surface area (TPSA) is 65.3 Å². The lowest BCUT2D eigenvalue weighted by atomic mass is 10.1. The van der Waals surface area contributed by atoms with Crippen LogP contribution in [0.2, 0.25) is 0 Å². The molecule has 0 spiro atoms. The Labute approximate surface area is 166 Å². The van der Waals surface area contributed by atoms with E-state index < -0.39 is 0 Å². The van der Waals surface area contributed by atoms with Crippen LogP contribution in [-0.4, -0.2) is 59.1 Å². The fourth-order valence-electron chi connectivity index (χ4n) is 3.52. The summed E-state index contributed by atoms with van der Waals surface area (Å²) in [6.45, 7) is 6.59. The molecule has 2 heterocycles. The number of nitrogens with one attached hydrogen (secondary N) is 1. The van der Waals surface area contributed by atoms with Gasteiger partial charge in [-0.15, -0.1) is 0 Å². The first-order chi connectivity index (χ1) is 13.7. The normalized spacial score (nSPS) is 16.0. The van der Waals surface area contributed by atoms with Gasteiger partial charge in [0, 0.05) is 38.3 Å². The van der Waals surface area contributed by atoms with Crippen molar-refractivity contribution in [3.63, 3.8) is 0 Å². The average Bonchev–Trinajstić information content (AvgIpc) is 3.17. The highest BCUT2D eigenvalue weighted by molar-refractivity contribution is 5.50. The Morgan fingerprint density at radius 3 is 2.25 bits per heavy atom. The summed E-state index contributed by atoms with van der Waals surface area (Å²) in [5, 5.41) is 3.55. The number of methoxy groups -OCH3 is 3. The molecule has 0 bridgehead atoms. The van der Waals surface area contributed by atoms with Gasteiger partial charge in [0.05, 0.1) is 46.1 Å². The molecule has 7 nitrogen and oxygen atoms in total. The van der Waals surface area contributed by atoms with Crippen LogP contribution in [0.1, 0.15) is 23.1 Å². The van der Waals surface area contributed by atoms with Crippen LogP contribution in [-0.2, 0) is 11.3 Å². The molecule has 1 saturated heterocycles. The van der Waals surface area contributed by atoms with Crippen LogP contribution in [0.5, 0.6) is 17.2 Å². The molecule has 1 aliphatic rings. The number of aryl methyl sites for hydroxylation is 1. The summed E-state index contributed by atoms with van der Waals surface area (Å²) < 4.78 is 27.9. The second-order valence-corrected chi connectivity index (χ2v) is 6.75. The van der Waals surface area contributed by atoms with Gasteiger partial charge in [-0.25, -0.2) is 0 Å². The van der Waals surface area contributed by atoms with Crippen molar-refractivity contribution in [2.75, 3.05) is 54.2 Å². The molecule has 1 aromatic carbocycles. The zero-order chi connectivity index (χ0) is 19.9. The smallest absolute Gasteiger partial charge is 0.130 e. The SMILES string of the molecule is COc1cc(OC)c(CNCC(c2ccc(C)o2)N2CCOCC2)c(OC)c1. The van der Waals surface area contributed by atoms with E-state index in [0.29, 0.717) is 12.3 Å². The molecule has 0 aliphatic carbocycles. The zero-order valence-electron chi connectivity index (χ0n) is 17.1. The summed E-state index contributed by atoms with van der Waals surface area (Å²) >= 11 is 0.